The molecule has 0 amide bonds. The monoisotopic (exact) mass is 706 g/mol. The number of aromatic nitrogens is 8. The zero-order valence-corrected chi connectivity index (χ0v) is 26.1. The summed E-state index contributed by atoms with van der Waals surface area (Å²) < 4.78 is 60.9. The van der Waals surface area contributed by atoms with Crippen LogP contribution in [0.3, 0.4) is 0 Å². The second-order valence-electron chi connectivity index (χ2n) is 10.5. The number of aromatic amines is 1. The topological polar surface area (TPSA) is 263 Å². The lowest BCUT2D eigenvalue weighted by Crippen LogP contribution is -2.35. The fraction of sp³-hybridized carbons (Fsp3) is 0.524. The molecule has 4 aromatic rings. The van der Waals surface area contributed by atoms with Gasteiger partial charge in [-0.2, -0.15) is 0 Å². The fourth-order valence-corrected chi connectivity index (χ4v) is 9.18. The first kappa shape index (κ1) is 31.0. The molecule has 2 bridgehead atoms. The molecule has 24 heteroatoms. The third-order valence-corrected chi connectivity index (χ3v) is 11.0. The molecule has 3 fully saturated rings. The van der Waals surface area contributed by atoms with Crippen LogP contribution in [-0.2, 0) is 39.2 Å². The Bertz CT molecular complexity index is 1950. The van der Waals surface area contributed by atoms with E-state index in [1.807, 2.05) is 0 Å². The lowest BCUT2D eigenvalue weighted by Gasteiger charge is -2.27. The number of rotatable bonds is 2. The standard InChI is InChI=1S/C21H25FN10O9P2S2/c22-11-15-8(38-21(11)31-6-29-12-17(24)26-5-28-19(12)31)1-2-37-42(35,44)40-14-7(3-9(13(14)33)39-43(36,45)41-15)32-18-10(20(34)30-32)16(23)25-4-27-18/h4-9,11,13-15,21,33H,1-3H2,(H,30,34)(H,35,44)(H,36,45)(H2,23,25,27)(H2,24,26,28)/t7-,8-,9+,11-,13-,14+,15-,21-,42?,43?/m1/s1. The van der Waals surface area contributed by atoms with E-state index in [0.717, 1.165) is 6.33 Å². The van der Waals surface area contributed by atoms with E-state index in [4.69, 9.17) is 46.1 Å². The Hall–Kier alpha value is -2.62. The smallest absolute Gasteiger partial charge is 0.386 e. The summed E-state index contributed by atoms with van der Waals surface area (Å²) in [5.74, 6) is -0.0252. The summed E-state index contributed by atoms with van der Waals surface area (Å²) in [5, 5.41) is 13.8. The number of nitrogens with one attached hydrogen (secondary N) is 1. The van der Waals surface area contributed by atoms with Gasteiger partial charge in [0, 0.05) is 12.8 Å². The third kappa shape index (κ3) is 5.46. The zero-order valence-electron chi connectivity index (χ0n) is 22.6. The minimum atomic E-state index is -4.46. The maximum atomic E-state index is 16.1. The maximum absolute atomic E-state index is 16.1. The van der Waals surface area contributed by atoms with Crippen LogP contribution in [-0.4, -0.2) is 92.6 Å². The van der Waals surface area contributed by atoms with Crippen molar-refractivity contribution in [3.8, 4) is 0 Å². The predicted octanol–water partition coefficient (Wildman–Crippen LogP) is 0.496. The summed E-state index contributed by atoms with van der Waals surface area (Å²) in [4.78, 5) is 43.7. The summed E-state index contributed by atoms with van der Waals surface area (Å²) in [5.41, 5.74) is 11.6. The number of aliphatic hydroxyl groups excluding tert-OH is 1. The summed E-state index contributed by atoms with van der Waals surface area (Å²) in [6.07, 6.45) is -7.05. The van der Waals surface area contributed by atoms with E-state index in [1.54, 1.807) is 0 Å². The number of imidazole rings is 1. The highest BCUT2D eigenvalue weighted by molar-refractivity contribution is 8.44. The van der Waals surface area contributed by atoms with Gasteiger partial charge in [0.15, 0.2) is 29.5 Å². The number of H-pyrrole nitrogens is 1. The van der Waals surface area contributed by atoms with Gasteiger partial charge in [-0.1, -0.05) is 12.2 Å². The van der Waals surface area contributed by atoms with Crippen molar-refractivity contribution in [2.24, 2.45) is 0 Å². The summed E-state index contributed by atoms with van der Waals surface area (Å²) in [6.45, 7) is -8.89. The van der Waals surface area contributed by atoms with Crippen molar-refractivity contribution in [2.45, 2.75) is 61.8 Å². The van der Waals surface area contributed by atoms with Crippen molar-refractivity contribution in [3.05, 3.63) is 29.3 Å². The summed E-state index contributed by atoms with van der Waals surface area (Å²) in [7, 11) is 0. The Morgan fingerprint density at radius 3 is 2.58 bits per heavy atom. The van der Waals surface area contributed by atoms with E-state index < -0.39 is 68.0 Å². The highest BCUT2D eigenvalue weighted by Gasteiger charge is 2.54. The van der Waals surface area contributed by atoms with Crippen LogP contribution < -0.4 is 17.0 Å². The van der Waals surface area contributed by atoms with Gasteiger partial charge in [0.05, 0.1) is 31.2 Å². The molecule has 7 N–H and O–H groups in total. The van der Waals surface area contributed by atoms with E-state index in [0.29, 0.717) is 0 Å². The van der Waals surface area contributed by atoms with Crippen molar-refractivity contribution < 1.29 is 41.8 Å². The van der Waals surface area contributed by atoms with Gasteiger partial charge < -0.3 is 35.3 Å². The highest BCUT2D eigenvalue weighted by Crippen LogP contribution is 2.60. The van der Waals surface area contributed by atoms with Crippen LogP contribution in [0, 0.1) is 0 Å². The Labute approximate surface area is 261 Å². The first-order valence-corrected chi connectivity index (χ1v) is 18.6. The van der Waals surface area contributed by atoms with Crippen LogP contribution >= 0.6 is 25.8 Å². The summed E-state index contributed by atoms with van der Waals surface area (Å²) >= 11 is 9.32. The van der Waals surface area contributed by atoms with Crippen LogP contribution in [0.1, 0.15) is 25.1 Å². The number of halogens is 1. The molecule has 242 valence electrons. The van der Waals surface area contributed by atoms with Crippen LogP contribution in [0.5, 0.6) is 0 Å². The number of hydrogen-bond donors (Lipinski definition) is 6. The number of alkyl halides is 1. The van der Waals surface area contributed by atoms with E-state index in [9.17, 15) is 19.4 Å². The van der Waals surface area contributed by atoms with Crippen molar-refractivity contribution >= 4 is 71.4 Å². The SMILES string of the molecule is Nc1ncnc2c1ncn2[C@@H]1O[C@@H]2CCOP(O)(=S)O[C@@H]3[C@H](O)[C@H](C[C@H]3n3[nH]c(=O)c4c(N)ncnc43)OP(=O)(S)O[C@H]2[C@H]1F. The lowest BCUT2D eigenvalue weighted by molar-refractivity contribution is -0.0302. The number of thiol groups is 1. The zero-order chi connectivity index (χ0) is 31.8. The molecule has 7 rings (SSSR count). The number of ether oxygens (including phenoxy) is 1. The van der Waals surface area contributed by atoms with Gasteiger partial charge in [0.25, 0.3) is 5.56 Å². The number of nitrogens with zero attached hydrogens (tertiary/aromatic N) is 7. The minimum absolute atomic E-state index is 0.0250. The average Bonchev–Trinajstić information content (AvgIpc) is 3.70. The number of nitrogens with two attached hydrogens (primary N) is 2. The molecule has 0 spiro atoms. The molecule has 2 unspecified atom stereocenters. The van der Waals surface area contributed by atoms with E-state index in [1.165, 1.54) is 21.9 Å². The first-order valence-electron chi connectivity index (χ1n) is 13.3. The molecule has 1 saturated carbocycles. The molecule has 3 aliphatic rings. The normalized spacial score (nSPS) is 37.7. The number of aliphatic hydroxyl groups is 1. The quantitative estimate of drug-likeness (QED) is 0.122. The average molecular weight is 707 g/mol. The van der Waals surface area contributed by atoms with Crippen LogP contribution in [0.2, 0.25) is 0 Å². The van der Waals surface area contributed by atoms with Crippen molar-refractivity contribution in [2.75, 3.05) is 18.1 Å². The lowest BCUT2D eigenvalue weighted by atomic mass is 10.1. The summed E-state index contributed by atoms with van der Waals surface area (Å²) in [6, 6.07) is -1.01. The van der Waals surface area contributed by atoms with Crippen LogP contribution in [0.4, 0.5) is 16.0 Å². The minimum Gasteiger partial charge on any atom is -0.388 e. The Balaban J connectivity index is 1.22. The molecular formula is C21H25FN10O9P2S2. The Morgan fingerprint density at radius 2 is 1.80 bits per heavy atom. The largest absolute Gasteiger partial charge is 0.388 e. The number of fused-ring (bicyclic) bond motifs is 5. The molecule has 2 aliphatic heterocycles. The molecule has 0 radical (unpaired) electrons. The van der Waals surface area contributed by atoms with E-state index in [2.05, 4.69) is 42.3 Å². The highest BCUT2D eigenvalue weighted by atomic mass is 32.7. The van der Waals surface area contributed by atoms with Gasteiger partial charge in [-0.25, -0.2) is 33.9 Å². The molecular weight excluding hydrogens is 681 g/mol. The number of anilines is 2. The number of hydrogen-bond acceptors (Lipinski definition) is 16. The van der Waals surface area contributed by atoms with Crippen molar-refractivity contribution in [1.29, 1.82) is 0 Å². The number of nitrogen functional groups attached to an aromatic ring is 2. The van der Waals surface area contributed by atoms with Crippen LogP contribution in [0.15, 0.2) is 23.8 Å². The van der Waals surface area contributed by atoms with Gasteiger partial charge in [0.1, 0.15) is 47.7 Å². The van der Waals surface area contributed by atoms with Crippen molar-refractivity contribution in [3.63, 3.8) is 0 Å². The Morgan fingerprint density at radius 1 is 1.07 bits per heavy atom. The predicted molar refractivity (Wildman–Crippen MR) is 159 cm³/mol. The van der Waals surface area contributed by atoms with Gasteiger partial charge in [0.2, 0.25) is 0 Å². The van der Waals surface area contributed by atoms with Gasteiger partial charge in [-0.15, -0.1) is 0 Å². The van der Waals surface area contributed by atoms with E-state index in [-0.39, 0.29) is 53.3 Å². The molecule has 10 atom stereocenters. The van der Waals surface area contributed by atoms with Gasteiger partial charge in [-0.05, 0) is 11.8 Å². The third-order valence-electron chi connectivity index (χ3n) is 7.80. The molecule has 1 aliphatic carbocycles. The Kier molecular flexibility index (Phi) is 7.76. The van der Waals surface area contributed by atoms with E-state index >= 15 is 4.39 Å². The van der Waals surface area contributed by atoms with Crippen molar-refractivity contribution in [1.82, 2.24) is 39.3 Å². The second kappa shape index (κ2) is 11.3. The molecule has 6 heterocycles. The molecule has 4 aromatic heterocycles. The molecule has 19 nitrogen and oxygen atoms in total. The molecule has 2 saturated heterocycles. The molecule has 0 aromatic carbocycles. The molecule has 45 heavy (non-hydrogen) atoms. The first-order chi connectivity index (χ1) is 21.3. The maximum Gasteiger partial charge on any atom is 0.386 e. The van der Waals surface area contributed by atoms with Crippen LogP contribution in [0.25, 0.3) is 22.2 Å². The second-order valence-corrected chi connectivity index (χ2v) is 16.1. The fourth-order valence-electron chi connectivity index (χ4n) is 5.84. The van der Waals surface area contributed by atoms with Gasteiger partial charge in [-0.3, -0.25) is 28.2 Å². The van der Waals surface area contributed by atoms with Gasteiger partial charge >= 0.3 is 13.5 Å².